The van der Waals surface area contributed by atoms with Gasteiger partial charge in [0.25, 0.3) is 0 Å². The molecule has 8 rings (SSSR count). The molecule has 310 valence electrons. The molecular weight excluding hydrogens is 801 g/mol. The number of hydrogen-bond donors (Lipinski definition) is 4. The number of aliphatic hydroxyl groups is 4. The van der Waals surface area contributed by atoms with Crippen LogP contribution < -0.4 is 0 Å². The smallest absolute Gasteiger partial charge is 0.346 e. The number of cyclic esters (lactones) is 4. The number of aliphatic hydroxyl groups excluding tert-OH is 4. The lowest BCUT2D eigenvalue weighted by atomic mass is 9.96. The topological polar surface area (TPSA) is 236 Å². The molecular formula is C48H34O14. The zero-order chi connectivity index (χ0) is 44.5. The number of rotatable bonds is 11. The fourth-order valence-corrected chi connectivity index (χ4v) is 6.67. The SMILES string of the molecule is O=C1OC(=O)c2cc(-c3ccc4c(c3)C(=O)OC4=O)ccc21.O=Cc1ccc(-c2ccc(C=O)c(C=O)c2)cc1C=O.OCc1ccc(-c2ccc(CO)c(CO)c2)cc1CO. The summed E-state index contributed by atoms with van der Waals surface area (Å²) in [5, 5.41) is 37.0. The molecule has 0 amide bonds. The zero-order valence-electron chi connectivity index (χ0n) is 32.4. The van der Waals surface area contributed by atoms with Gasteiger partial charge in [0.05, 0.1) is 48.7 Å². The van der Waals surface area contributed by atoms with Gasteiger partial charge >= 0.3 is 23.9 Å². The van der Waals surface area contributed by atoms with Gasteiger partial charge in [0.2, 0.25) is 0 Å². The number of carbonyl (C=O) groups excluding carboxylic acids is 8. The molecule has 2 heterocycles. The van der Waals surface area contributed by atoms with E-state index in [1.54, 1.807) is 60.7 Å². The van der Waals surface area contributed by atoms with E-state index in [0.29, 0.717) is 80.8 Å². The molecule has 0 fully saturated rings. The van der Waals surface area contributed by atoms with Crippen molar-refractivity contribution in [2.75, 3.05) is 0 Å². The highest BCUT2D eigenvalue weighted by Gasteiger charge is 2.32. The van der Waals surface area contributed by atoms with Gasteiger partial charge in [-0.3, -0.25) is 19.2 Å². The van der Waals surface area contributed by atoms with E-state index in [4.69, 9.17) is 0 Å². The van der Waals surface area contributed by atoms with Crippen LogP contribution in [0.15, 0.2) is 109 Å². The second-order valence-corrected chi connectivity index (χ2v) is 13.6. The van der Waals surface area contributed by atoms with Crippen LogP contribution in [0.4, 0.5) is 0 Å². The Morgan fingerprint density at radius 3 is 0.952 bits per heavy atom. The van der Waals surface area contributed by atoms with Gasteiger partial charge in [-0.1, -0.05) is 60.7 Å². The maximum absolute atomic E-state index is 11.6. The van der Waals surface area contributed by atoms with Crippen molar-refractivity contribution in [3.8, 4) is 33.4 Å². The predicted molar refractivity (Wildman–Crippen MR) is 220 cm³/mol. The van der Waals surface area contributed by atoms with Crippen molar-refractivity contribution in [3.63, 3.8) is 0 Å². The van der Waals surface area contributed by atoms with E-state index in [-0.39, 0.29) is 59.8 Å². The van der Waals surface area contributed by atoms with Gasteiger partial charge in [-0.2, -0.15) is 0 Å². The summed E-state index contributed by atoms with van der Waals surface area (Å²) in [4.78, 5) is 89.4. The summed E-state index contributed by atoms with van der Waals surface area (Å²) in [6, 6.07) is 29.8. The fraction of sp³-hybridized carbons (Fsp3) is 0.0833. The molecule has 0 bridgehead atoms. The molecule has 14 heteroatoms. The summed E-state index contributed by atoms with van der Waals surface area (Å²) >= 11 is 0. The van der Waals surface area contributed by atoms with Crippen LogP contribution in [0.25, 0.3) is 33.4 Å². The maximum Gasteiger partial charge on any atom is 0.346 e. The number of benzene rings is 6. The number of ether oxygens (including phenoxy) is 2. The van der Waals surface area contributed by atoms with Crippen LogP contribution in [-0.4, -0.2) is 69.4 Å². The van der Waals surface area contributed by atoms with Crippen LogP contribution >= 0.6 is 0 Å². The summed E-state index contributed by atoms with van der Waals surface area (Å²) in [6.07, 6.45) is 2.43. The third kappa shape index (κ3) is 9.13. The molecule has 2 aliphatic heterocycles. The summed E-state index contributed by atoms with van der Waals surface area (Å²) in [5.74, 6) is -2.74. The first-order valence-corrected chi connectivity index (χ1v) is 18.6. The molecule has 0 atom stereocenters. The van der Waals surface area contributed by atoms with E-state index in [9.17, 15) is 58.8 Å². The van der Waals surface area contributed by atoms with E-state index >= 15 is 0 Å². The number of esters is 4. The average molecular weight is 835 g/mol. The molecule has 0 saturated carbocycles. The normalized spacial score (nSPS) is 12.1. The first-order chi connectivity index (χ1) is 30.0. The summed E-state index contributed by atoms with van der Waals surface area (Å²) < 4.78 is 9.06. The van der Waals surface area contributed by atoms with E-state index in [1.165, 1.54) is 24.3 Å². The van der Waals surface area contributed by atoms with Gasteiger partial charge in [-0.05, 0) is 104 Å². The van der Waals surface area contributed by atoms with Crippen LogP contribution in [0.3, 0.4) is 0 Å². The fourth-order valence-electron chi connectivity index (χ4n) is 6.67. The Morgan fingerprint density at radius 1 is 0.323 bits per heavy atom. The van der Waals surface area contributed by atoms with Crippen molar-refractivity contribution in [1.29, 1.82) is 0 Å². The molecule has 0 radical (unpaired) electrons. The van der Waals surface area contributed by atoms with Crippen molar-refractivity contribution in [2.24, 2.45) is 0 Å². The second-order valence-electron chi connectivity index (χ2n) is 13.6. The zero-order valence-corrected chi connectivity index (χ0v) is 32.4. The van der Waals surface area contributed by atoms with Crippen molar-refractivity contribution in [2.45, 2.75) is 26.4 Å². The van der Waals surface area contributed by atoms with Crippen LogP contribution in [0.2, 0.25) is 0 Å². The van der Waals surface area contributed by atoms with Gasteiger partial charge in [-0.15, -0.1) is 0 Å². The quantitative estimate of drug-likeness (QED) is 0.0676. The van der Waals surface area contributed by atoms with Crippen LogP contribution in [0.1, 0.15) is 105 Å². The van der Waals surface area contributed by atoms with Gasteiger partial charge in [0.15, 0.2) is 25.1 Å². The molecule has 0 unspecified atom stereocenters. The lowest BCUT2D eigenvalue weighted by Gasteiger charge is -2.11. The van der Waals surface area contributed by atoms with Crippen molar-refractivity contribution >= 4 is 49.0 Å². The summed E-state index contributed by atoms with van der Waals surface area (Å²) in [6.45, 7) is -0.486. The monoisotopic (exact) mass is 834 g/mol. The average Bonchev–Trinajstić information content (AvgIpc) is 3.78. The van der Waals surface area contributed by atoms with E-state index in [0.717, 1.165) is 11.1 Å². The lowest BCUT2D eigenvalue weighted by molar-refractivity contribution is 0.0425. The standard InChI is InChI=1S/C16H6O6.C16H18O4.C16H10O4/c17-13-9-3-1-7(5-11(9)15(19)21-13)8-2-4-10-12(6-8)16(20)22-14(10)18;2*17-7-13-3-1-11(5-15(13)9-19)12-2-4-14(8-18)16(6-12)10-20/h1-6H;1-6,17-20H,7-10H2;1-10H. The molecule has 0 aliphatic carbocycles. The highest BCUT2D eigenvalue weighted by atomic mass is 16.6. The van der Waals surface area contributed by atoms with E-state index in [1.807, 2.05) is 24.3 Å². The Balaban J connectivity index is 0.000000156. The van der Waals surface area contributed by atoms with Gasteiger partial charge in [0.1, 0.15) is 0 Å². The number of carbonyl (C=O) groups is 8. The molecule has 62 heavy (non-hydrogen) atoms. The predicted octanol–water partition coefficient (Wildman–Crippen LogP) is 5.90. The lowest BCUT2D eigenvalue weighted by Crippen LogP contribution is -1.97. The summed E-state index contributed by atoms with van der Waals surface area (Å²) in [5.41, 5.74) is 9.16. The third-order valence-electron chi connectivity index (χ3n) is 10.1. The van der Waals surface area contributed by atoms with Crippen molar-refractivity contribution in [3.05, 3.63) is 176 Å². The minimum absolute atomic E-state index is 0.110. The summed E-state index contributed by atoms with van der Waals surface area (Å²) in [7, 11) is 0. The molecule has 6 aromatic rings. The molecule has 0 saturated heterocycles. The molecule has 4 N–H and O–H groups in total. The first-order valence-electron chi connectivity index (χ1n) is 18.6. The highest BCUT2D eigenvalue weighted by Crippen LogP contribution is 2.31. The largest absolute Gasteiger partial charge is 0.392 e. The van der Waals surface area contributed by atoms with Crippen molar-refractivity contribution < 1.29 is 68.3 Å². The van der Waals surface area contributed by atoms with Crippen LogP contribution in [-0.2, 0) is 35.9 Å². The van der Waals surface area contributed by atoms with Gasteiger partial charge < -0.3 is 29.9 Å². The Kier molecular flexibility index (Phi) is 13.7. The Bertz CT molecular complexity index is 2610. The minimum Gasteiger partial charge on any atom is -0.392 e. The molecule has 6 aromatic carbocycles. The Labute approximate surface area is 352 Å². The second kappa shape index (κ2) is 19.5. The number of fused-ring (bicyclic) bond motifs is 2. The highest BCUT2D eigenvalue weighted by molar-refractivity contribution is 6.16. The van der Waals surface area contributed by atoms with Crippen LogP contribution in [0, 0.1) is 0 Å². The maximum atomic E-state index is 11.6. The first kappa shape index (κ1) is 43.7. The molecule has 0 aromatic heterocycles. The van der Waals surface area contributed by atoms with Crippen LogP contribution in [0.5, 0.6) is 0 Å². The number of aldehydes is 4. The minimum atomic E-state index is -0.697. The van der Waals surface area contributed by atoms with Gasteiger partial charge in [-0.25, -0.2) is 19.2 Å². The molecule has 0 spiro atoms. The molecule has 2 aliphatic rings. The third-order valence-corrected chi connectivity index (χ3v) is 10.1. The van der Waals surface area contributed by atoms with Crippen molar-refractivity contribution in [1.82, 2.24) is 0 Å². The molecule has 14 nitrogen and oxygen atoms in total. The van der Waals surface area contributed by atoms with E-state index in [2.05, 4.69) is 9.47 Å². The Hall–Kier alpha value is -7.88. The Morgan fingerprint density at radius 2 is 0.613 bits per heavy atom. The number of hydrogen-bond acceptors (Lipinski definition) is 14. The van der Waals surface area contributed by atoms with E-state index < -0.39 is 23.9 Å². The van der Waals surface area contributed by atoms with Gasteiger partial charge in [0, 0.05) is 22.3 Å².